The average Bonchev–Trinajstić information content (AvgIpc) is 2.91. The van der Waals surface area contributed by atoms with Gasteiger partial charge >= 0.3 is 0 Å². The van der Waals surface area contributed by atoms with Crippen molar-refractivity contribution < 1.29 is 4.79 Å². The van der Waals surface area contributed by atoms with Crippen LogP contribution in [0.1, 0.15) is 37.9 Å². The van der Waals surface area contributed by atoms with Gasteiger partial charge in [0.2, 0.25) is 0 Å². The summed E-state index contributed by atoms with van der Waals surface area (Å²) < 4.78 is 0. The van der Waals surface area contributed by atoms with Crippen molar-refractivity contribution in [3.8, 4) is 0 Å². The topological polar surface area (TPSA) is 20.3 Å². The summed E-state index contributed by atoms with van der Waals surface area (Å²) in [6, 6.07) is 37.9. The number of para-hydroxylation sites is 1. The van der Waals surface area contributed by atoms with Crippen LogP contribution in [-0.4, -0.2) is 5.91 Å². The molecule has 4 aromatic carbocycles. The molecule has 2 nitrogen and oxygen atoms in total. The Balaban J connectivity index is 1.99. The number of aryl methyl sites for hydroxylation is 1. The summed E-state index contributed by atoms with van der Waals surface area (Å²) in [5.74, 6) is 0.0375. The number of benzene rings is 4. The Hall–Kier alpha value is -3.48. The number of hydrogen-bond donors (Lipinski definition) is 0. The lowest BCUT2D eigenvalue weighted by molar-refractivity contribution is -0.115. The first kappa shape index (κ1) is 24.6. The number of amides is 1. The SMILES string of the molecule is C/C=C(\C)C(=O)N(c1c(C)cccc1P(c1ccccc1)c1ccccc1)[C@@H](C)c1ccccc1. The quantitative estimate of drug-likeness (QED) is 0.211. The third-order valence-electron chi connectivity index (χ3n) is 6.39. The minimum atomic E-state index is -0.871. The molecule has 0 aliphatic heterocycles. The standard InChI is InChI=1S/C32H32NOP/c1-5-24(2)32(34)33(26(4)27-17-9-6-10-18-27)31-25(3)16-15-23-30(31)35(28-19-11-7-12-20-28)29-21-13-8-14-22-29/h5-23,26H,1-4H3/b24-5+/t26-/m0/s1. The van der Waals surface area contributed by atoms with Gasteiger partial charge in [0, 0.05) is 10.9 Å². The van der Waals surface area contributed by atoms with Crippen LogP contribution < -0.4 is 20.8 Å². The second-order valence-electron chi connectivity index (χ2n) is 8.68. The fourth-order valence-electron chi connectivity index (χ4n) is 4.38. The maximum absolute atomic E-state index is 14.0. The van der Waals surface area contributed by atoms with E-state index < -0.39 is 7.92 Å². The van der Waals surface area contributed by atoms with Crippen LogP contribution in [0.3, 0.4) is 0 Å². The molecule has 4 rings (SSSR count). The Labute approximate surface area is 210 Å². The van der Waals surface area contributed by atoms with Gasteiger partial charge in [-0.2, -0.15) is 0 Å². The number of carbonyl (C=O) groups excluding carboxylic acids is 1. The lowest BCUT2D eigenvalue weighted by atomic mass is 10.0. The molecule has 0 bridgehead atoms. The van der Waals surface area contributed by atoms with Gasteiger partial charge in [0.15, 0.2) is 0 Å². The summed E-state index contributed by atoms with van der Waals surface area (Å²) in [4.78, 5) is 16.0. The molecule has 1 atom stereocenters. The first-order valence-electron chi connectivity index (χ1n) is 12.0. The number of hydrogen-bond acceptors (Lipinski definition) is 1. The molecule has 0 spiro atoms. The van der Waals surface area contributed by atoms with Crippen molar-refractivity contribution in [2.24, 2.45) is 0 Å². The molecule has 0 aromatic heterocycles. The normalized spacial score (nSPS) is 12.4. The van der Waals surface area contributed by atoms with Crippen LogP contribution in [0.25, 0.3) is 0 Å². The van der Waals surface area contributed by atoms with Crippen molar-refractivity contribution in [1.29, 1.82) is 0 Å². The lowest BCUT2D eigenvalue weighted by Crippen LogP contribution is -2.38. The van der Waals surface area contributed by atoms with Crippen molar-refractivity contribution in [2.45, 2.75) is 33.7 Å². The third kappa shape index (κ3) is 5.29. The van der Waals surface area contributed by atoms with E-state index in [0.717, 1.165) is 22.4 Å². The zero-order chi connectivity index (χ0) is 24.8. The molecule has 0 fully saturated rings. The van der Waals surface area contributed by atoms with E-state index in [1.54, 1.807) is 0 Å². The van der Waals surface area contributed by atoms with Crippen molar-refractivity contribution in [1.82, 2.24) is 0 Å². The molecule has 0 aliphatic rings. The highest BCUT2D eigenvalue weighted by molar-refractivity contribution is 7.80. The first-order chi connectivity index (χ1) is 17.0. The molecule has 3 heteroatoms. The van der Waals surface area contributed by atoms with Crippen LogP contribution >= 0.6 is 7.92 Å². The molecule has 0 unspecified atom stereocenters. The molecule has 1 amide bonds. The molecular formula is C32H32NOP. The van der Waals surface area contributed by atoms with E-state index in [4.69, 9.17) is 0 Å². The number of nitrogens with zero attached hydrogens (tertiary/aromatic N) is 1. The third-order valence-corrected chi connectivity index (χ3v) is 8.86. The molecule has 0 saturated carbocycles. The molecule has 0 heterocycles. The van der Waals surface area contributed by atoms with E-state index >= 15 is 0 Å². The molecule has 0 aliphatic carbocycles. The molecule has 35 heavy (non-hydrogen) atoms. The zero-order valence-corrected chi connectivity index (χ0v) is 21.7. The highest BCUT2D eigenvalue weighted by Crippen LogP contribution is 2.40. The smallest absolute Gasteiger partial charge is 0.254 e. The van der Waals surface area contributed by atoms with Crippen LogP contribution in [-0.2, 0) is 4.79 Å². The van der Waals surface area contributed by atoms with E-state index in [-0.39, 0.29) is 11.9 Å². The maximum atomic E-state index is 14.0. The van der Waals surface area contributed by atoms with Crippen molar-refractivity contribution in [2.75, 3.05) is 4.90 Å². The summed E-state index contributed by atoms with van der Waals surface area (Å²) in [7, 11) is -0.871. The van der Waals surface area contributed by atoms with Gasteiger partial charge in [-0.3, -0.25) is 4.79 Å². The summed E-state index contributed by atoms with van der Waals surface area (Å²) in [5.41, 5.74) is 3.96. The van der Waals surface area contributed by atoms with Gasteiger partial charge in [0.25, 0.3) is 5.91 Å². The Morgan fingerprint density at radius 1 is 0.771 bits per heavy atom. The predicted molar refractivity (Wildman–Crippen MR) is 152 cm³/mol. The van der Waals surface area contributed by atoms with Gasteiger partial charge in [-0.25, -0.2) is 0 Å². The molecular weight excluding hydrogens is 445 g/mol. The van der Waals surface area contributed by atoms with E-state index in [1.807, 2.05) is 43.0 Å². The Morgan fingerprint density at radius 2 is 1.29 bits per heavy atom. The highest BCUT2D eigenvalue weighted by atomic mass is 31.1. The highest BCUT2D eigenvalue weighted by Gasteiger charge is 2.30. The average molecular weight is 478 g/mol. The van der Waals surface area contributed by atoms with Crippen molar-refractivity contribution in [3.63, 3.8) is 0 Å². The summed E-state index contributed by atoms with van der Waals surface area (Å²) in [6.07, 6.45) is 1.90. The predicted octanol–water partition coefficient (Wildman–Crippen LogP) is 6.81. The number of allylic oxidation sites excluding steroid dienone is 1. The fourth-order valence-corrected chi connectivity index (χ4v) is 6.91. The van der Waals surface area contributed by atoms with Gasteiger partial charge < -0.3 is 4.90 Å². The van der Waals surface area contributed by atoms with Gasteiger partial charge in [0.05, 0.1) is 11.7 Å². The first-order valence-corrected chi connectivity index (χ1v) is 13.4. The van der Waals surface area contributed by atoms with Gasteiger partial charge in [-0.05, 0) is 57.4 Å². The molecule has 0 N–H and O–H groups in total. The molecule has 0 radical (unpaired) electrons. The molecule has 4 aromatic rings. The van der Waals surface area contributed by atoms with Gasteiger partial charge in [-0.15, -0.1) is 0 Å². The summed E-state index contributed by atoms with van der Waals surface area (Å²) >= 11 is 0. The van der Waals surface area contributed by atoms with E-state index in [2.05, 4.69) is 105 Å². The number of anilines is 1. The summed E-state index contributed by atoms with van der Waals surface area (Å²) in [6.45, 7) is 8.07. The largest absolute Gasteiger partial charge is 0.301 e. The van der Waals surface area contributed by atoms with Crippen LogP contribution in [0.4, 0.5) is 5.69 Å². The van der Waals surface area contributed by atoms with Crippen molar-refractivity contribution in [3.05, 3.63) is 132 Å². The van der Waals surface area contributed by atoms with Gasteiger partial charge in [0.1, 0.15) is 0 Å². The Bertz CT molecular complexity index is 1260. The van der Waals surface area contributed by atoms with Gasteiger partial charge in [-0.1, -0.05) is 115 Å². The number of carbonyl (C=O) groups is 1. The summed E-state index contributed by atoms with van der Waals surface area (Å²) in [5, 5.41) is 3.73. The van der Waals surface area contributed by atoms with Crippen LogP contribution in [0.2, 0.25) is 0 Å². The lowest BCUT2D eigenvalue weighted by Gasteiger charge is -2.35. The Kier molecular flexibility index (Phi) is 7.95. The van der Waals surface area contributed by atoms with Crippen LogP contribution in [0.15, 0.2) is 121 Å². The van der Waals surface area contributed by atoms with Crippen LogP contribution in [0, 0.1) is 6.92 Å². The zero-order valence-electron chi connectivity index (χ0n) is 20.8. The second kappa shape index (κ2) is 11.3. The minimum Gasteiger partial charge on any atom is -0.301 e. The van der Waals surface area contributed by atoms with Crippen LogP contribution in [0.5, 0.6) is 0 Å². The second-order valence-corrected chi connectivity index (χ2v) is 10.9. The number of rotatable bonds is 7. The van der Waals surface area contributed by atoms with Crippen molar-refractivity contribution >= 4 is 35.4 Å². The minimum absolute atomic E-state index is 0.0375. The fraction of sp³-hybridized carbons (Fsp3) is 0.156. The van der Waals surface area contributed by atoms with E-state index in [9.17, 15) is 4.79 Å². The van der Waals surface area contributed by atoms with E-state index in [1.165, 1.54) is 15.9 Å². The molecule has 176 valence electrons. The Morgan fingerprint density at radius 3 is 1.80 bits per heavy atom. The monoisotopic (exact) mass is 477 g/mol. The maximum Gasteiger partial charge on any atom is 0.254 e. The van der Waals surface area contributed by atoms with E-state index in [0.29, 0.717) is 0 Å². The molecule has 0 saturated heterocycles.